The Morgan fingerprint density at radius 2 is 1.87 bits per heavy atom. The van der Waals surface area contributed by atoms with Crippen LogP contribution in [0.25, 0.3) is 0 Å². The molecule has 1 unspecified atom stereocenters. The molecular formula is C22H28FN3O3S. The van der Waals surface area contributed by atoms with Gasteiger partial charge in [-0.15, -0.1) is 0 Å². The maximum atomic E-state index is 13.4. The monoisotopic (exact) mass is 433 g/mol. The van der Waals surface area contributed by atoms with Crippen LogP contribution >= 0.6 is 0 Å². The average Bonchev–Trinajstić information content (AvgIpc) is 2.70. The van der Waals surface area contributed by atoms with E-state index in [2.05, 4.69) is 10.6 Å². The van der Waals surface area contributed by atoms with E-state index in [0.29, 0.717) is 30.8 Å². The van der Waals surface area contributed by atoms with Crippen molar-refractivity contribution < 1.29 is 17.6 Å². The lowest BCUT2D eigenvalue weighted by Gasteiger charge is -2.35. The number of hydrogen-bond acceptors (Lipinski definition) is 3. The Labute approximate surface area is 177 Å². The highest BCUT2D eigenvalue weighted by Gasteiger charge is 2.34. The van der Waals surface area contributed by atoms with E-state index in [1.165, 1.54) is 22.5 Å². The van der Waals surface area contributed by atoms with Gasteiger partial charge in [0.05, 0.1) is 4.90 Å². The standard InChI is InChI=1S/C22H28FN3O3S/c1-16-6-9-19(10-7-16)25-22(27)24-13-12-20-5-3-4-14-26(20)30(28,29)21-11-8-18(23)15-17(21)2/h6-11,15,20H,3-5,12-14H2,1-2H3,(H2,24,25,27). The molecule has 1 fully saturated rings. The molecule has 2 amide bonds. The zero-order valence-electron chi connectivity index (χ0n) is 17.3. The summed E-state index contributed by atoms with van der Waals surface area (Å²) in [6.07, 6.45) is 2.98. The first-order valence-electron chi connectivity index (χ1n) is 10.2. The molecule has 0 bridgehead atoms. The molecule has 0 saturated carbocycles. The number of amides is 2. The van der Waals surface area contributed by atoms with Gasteiger partial charge in [-0.25, -0.2) is 17.6 Å². The summed E-state index contributed by atoms with van der Waals surface area (Å²) < 4.78 is 41.3. The molecule has 1 atom stereocenters. The van der Waals surface area contributed by atoms with Crippen molar-refractivity contribution in [2.75, 3.05) is 18.4 Å². The van der Waals surface area contributed by atoms with Crippen molar-refractivity contribution in [2.24, 2.45) is 0 Å². The molecule has 1 aliphatic heterocycles. The topological polar surface area (TPSA) is 78.5 Å². The smallest absolute Gasteiger partial charge is 0.319 e. The van der Waals surface area contributed by atoms with Gasteiger partial charge in [0.15, 0.2) is 0 Å². The average molecular weight is 434 g/mol. The lowest BCUT2D eigenvalue weighted by atomic mass is 10.0. The maximum absolute atomic E-state index is 13.4. The summed E-state index contributed by atoms with van der Waals surface area (Å²) >= 11 is 0. The number of nitrogens with zero attached hydrogens (tertiary/aromatic N) is 1. The maximum Gasteiger partial charge on any atom is 0.319 e. The van der Waals surface area contributed by atoms with Crippen molar-refractivity contribution >= 4 is 21.7 Å². The van der Waals surface area contributed by atoms with E-state index < -0.39 is 15.8 Å². The van der Waals surface area contributed by atoms with Crippen LogP contribution in [0.3, 0.4) is 0 Å². The lowest BCUT2D eigenvalue weighted by molar-refractivity contribution is 0.234. The summed E-state index contributed by atoms with van der Waals surface area (Å²) in [5.74, 6) is -0.453. The first-order chi connectivity index (χ1) is 14.3. The molecule has 0 aliphatic carbocycles. The molecule has 0 radical (unpaired) electrons. The molecule has 162 valence electrons. The van der Waals surface area contributed by atoms with Gasteiger partial charge in [-0.1, -0.05) is 24.1 Å². The van der Waals surface area contributed by atoms with Crippen LogP contribution in [0.2, 0.25) is 0 Å². The summed E-state index contributed by atoms with van der Waals surface area (Å²) in [4.78, 5) is 12.3. The number of anilines is 1. The number of nitrogens with one attached hydrogen (secondary N) is 2. The van der Waals surface area contributed by atoms with Crippen LogP contribution in [0.1, 0.15) is 36.8 Å². The van der Waals surface area contributed by atoms with Crippen LogP contribution in [0.4, 0.5) is 14.9 Å². The van der Waals surface area contributed by atoms with E-state index in [1.807, 2.05) is 31.2 Å². The fourth-order valence-corrected chi connectivity index (χ4v) is 5.70. The number of halogens is 1. The fourth-order valence-electron chi connectivity index (χ4n) is 3.77. The van der Waals surface area contributed by atoms with Crippen molar-refractivity contribution in [3.63, 3.8) is 0 Å². The Morgan fingerprint density at radius 1 is 1.13 bits per heavy atom. The van der Waals surface area contributed by atoms with Gasteiger partial charge < -0.3 is 10.6 Å². The Balaban J connectivity index is 1.61. The molecule has 1 saturated heterocycles. The molecule has 0 spiro atoms. The van der Waals surface area contributed by atoms with E-state index in [0.717, 1.165) is 24.8 Å². The zero-order valence-corrected chi connectivity index (χ0v) is 18.1. The normalized spacial score (nSPS) is 17.5. The van der Waals surface area contributed by atoms with Crippen molar-refractivity contribution in [2.45, 2.75) is 50.5 Å². The van der Waals surface area contributed by atoms with Gasteiger partial charge >= 0.3 is 6.03 Å². The van der Waals surface area contributed by atoms with E-state index in [4.69, 9.17) is 0 Å². The Hall–Kier alpha value is -2.45. The SMILES string of the molecule is Cc1ccc(NC(=O)NCCC2CCCCN2S(=O)(=O)c2ccc(F)cc2C)cc1. The first-order valence-corrected chi connectivity index (χ1v) is 11.6. The van der Waals surface area contributed by atoms with Crippen LogP contribution in [-0.2, 0) is 10.0 Å². The lowest BCUT2D eigenvalue weighted by Crippen LogP contribution is -2.45. The first kappa shape index (κ1) is 22.2. The highest BCUT2D eigenvalue weighted by molar-refractivity contribution is 7.89. The van der Waals surface area contributed by atoms with Gasteiger partial charge in [0, 0.05) is 24.8 Å². The summed E-state index contributed by atoms with van der Waals surface area (Å²) in [5.41, 5.74) is 2.21. The second-order valence-corrected chi connectivity index (χ2v) is 9.57. The molecule has 2 aromatic rings. The number of sulfonamides is 1. The molecule has 3 rings (SSSR count). The van der Waals surface area contributed by atoms with Crippen LogP contribution < -0.4 is 10.6 Å². The van der Waals surface area contributed by atoms with Gasteiger partial charge in [-0.05, 0) is 69.0 Å². The minimum Gasteiger partial charge on any atom is -0.338 e. The van der Waals surface area contributed by atoms with E-state index in [1.54, 1.807) is 6.92 Å². The second kappa shape index (κ2) is 9.57. The third-order valence-electron chi connectivity index (χ3n) is 5.37. The number of rotatable bonds is 6. The zero-order chi connectivity index (χ0) is 21.7. The molecule has 1 heterocycles. The third kappa shape index (κ3) is 5.37. The molecule has 2 aromatic carbocycles. The van der Waals surface area contributed by atoms with Crippen LogP contribution in [0, 0.1) is 19.7 Å². The number of piperidine rings is 1. The van der Waals surface area contributed by atoms with Gasteiger partial charge in [0.2, 0.25) is 10.0 Å². The van der Waals surface area contributed by atoms with Crippen molar-refractivity contribution in [3.8, 4) is 0 Å². The number of carbonyl (C=O) groups is 1. The summed E-state index contributed by atoms with van der Waals surface area (Å²) in [6.45, 7) is 4.36. The molecule has 2 N–H and O–H groups in total. The van der Waals surface area contributed by atoms with Crippen LogP contribution in [-0.4, -0.2) is 37.9 Å². The Morgan fingerprint density at radius 3 is 2.57 bits per heavy atom. The summed E-state index contributed by atoms with van der Waals surface area (Å²) in [7, 11) is -3.72. The second-order valence-electron chi connectivity index (χ2n) is 7.71. The van der Waals surface area contributed by atoms with Gasteiger partial charge in [0.1, 0.15) is 5.82 Å². The highest BCUT2D eigenvalue weighted by atomic mass is 32.2. The number of carbonyl (C=O) groups excluding carboxylic acids is 1. The quantitative estimate of drug-likeness (QED) is 0.717. The van der Waals surface area contributed by atoms with Gasteiger partial charge in [-0.2, -0.15) is 4.31 Å². The minimum absolute atomic E-state index is 0.140. The molecule has 0 aromatic heterocycles. The van der Waals surface area contributed by atoms with Crippen LogP contribution in [0.5, 0.6) is 0 Å². The largest absolute Gasteiger partial charge is 0.338 e. The van der Waals surface area contributed by atoms with Crippen molar-refractivity contribution in [3.05, 3.63) is 59.4 Å². The molecule has 30 heavy (non-hydrogen) atoms. The molecule has 6 nitrogen and oxygen atoms in total. The van der Waals surface area contributed by atoms with E-state index >= 15 is 0 Å². The molecule has 1 aliphatic rings. The number of hydrogen-bond donors (Lipinski definition) is 2. The predicted molar refractivity (Wildman–Crippen MR) is 115 cm³/mol. The van der Waals surface area contributed by atoms with Gasteiger partial charge in [-0.3, -0.25) is 0 Å². The van der Waals surface area contributed by atoms with Crippen molar-refractivity contribution in [1.29, 1.82) is 0 Å². The highest BCUT2D eigenvalue weighted by Crippen LogP contribution is 2.28. The number of aryl methyl sites for hydroxylation is 2. The summed E-state index contributed by atoms with van der Waals surface area (Å²) in [5, 5.41) is 5.57. The number of urea groups is 1. The Bertz CT molecular complexity index is 993. The Kier molecular flexibility index (Phi) is 7.10. The third-order valence-corrected chi connectivity index (χ3v) is 7.48. The van der Waals surface area contributed by atoms with Crippen molar-refractivity contribution in [1.82, 2.24) is 9.62 Å². The minimum atomic E-state index is -3.72. The number of benzene rings is 2. The van der Waals surface area contributed by atoms with Gasteiger partial charge in [0.25, 0.3) is 0 Å². The van der Waals surface area contributed by atoms with E-state index in [-0.39, 0.29) is 17.0 Å². The predicted octanol–water partition coefficient (Wildman–Crippen LogP) is 4.20. The molecular weight excluding hydrogens is 405 g/mol. The molecule has 8 heteroatoms. The fraction of sp³-hybridized carbons (Fsp3) is 0.409. The summed E-state index contributed by atoms with van der Waals surface area (Å²) in [6, 6.07) is 10.7. The van der Waals surface area contributed by atoms with E-state index in [9.17, 15) is 17.6 Å². The van der Waals surface area contributed by atoms with Crippen LogP contribution in [0.15, 0.2) is 47.4 Å².